The molecule has 2 aromatic rings. The van der Waals surface area contributed by atoms with Gasteiger partial charge in [-0.05, 0) is 37.1 Å². The third-order valence-electron chi connectivity index (χ3n) is 3.51. The maximum atomic E-state index is 12.1. The largest absolute Gasteiger partial charge is 0.493 e. The first-order valence-electron chi connectivity index (χ1n) is 7.87. The van der Waals surface area contributed by atoms with Crippen molar-refractivity contribution in [1.82, 2.24) is 0 Å². The van der Waals surface area contributed by atoms with E-state index in [2.05, 4.69) is 5.32 Å². The molecule has 2 rings (SSSR count). The van der Waals surface area contributed by atoms with Crippen LogP contribution in [0.2, 0.25) is 0 Å². The Hall–Kier alpha value is -3.09. The molecular weight excluding hydrogens is 324 g/mol. The highest BCUT2D eigenvalue weighted by atomic mass is 16.6. The number of rotatable bonds is 8. The number of carbonyl (C=O) groups excluding carboxylic acids is 1. The van der Waals surface area contributed by atoms with Gasteiger partial charge in [0.2, 0.25) is 5.91 Å². The minimum Gasteiger partial charge on any atom is -0.493 e. The smallest absolute Gasteiger partial charge is 0.271 e. The summed E-state index contributed by atoms with van der Waals surface area (Å²) in [5.41, 5.74) is 1.28. The molecule has 0 bridgehead atoms. The Morgan fingerprint density at radius 2 is 2.00 bits per heavy atom. The molecule has 132 valence electrons. The van der Waals surface area contributed by atoms with Crippen molar-refractivity contribution in [1.29, 1.82) is 0 Å². The number of non-ortho nitro benzene ring substituents is 1. The van der Waals surface area contributed by atoms with Crippen LogP contribution in [0.3, 0.4) is 0 Å². The van der Waals surface area contributed by atoms with Gasteiger partial charge in [0.15, 0.2) is 11.5 Å². The van der Waals surface area contributed by atoms with Crippen molar-refractivity contribution in [3.63, 3.8) is 0 Å². The van der Waals surface area contributed by atoms with Gasteiger partial charge in [-0.15, -0.1) is 0 Å². The van der Waals surface area contributed by atoms with Crippen LogP contribution in [0.15, 0.2) is 42.5 Å². The van der Waals surface area contributed by atoms with Crippen molar-refractivity contribution in [2.45, 2.75) is 19.8 Å². The van der Waals surface area contributed by atoms with Gasteiger partial charge in [-0.25, -0.2) is 0 Å². The first-order valence-corrected chi connectivity index (χ1v) is 7.87. The lowest BCUT2D eigenvalue weighted by atomic mass is 10.1. The zero-order valence-corrected chi connectivity index (χ0v) is 14.2. The number of nitrogens with zero attached hydrogens (tertiary/aromatic N) is 1. The molecule has 0 fully saturated rings. The predicted octanol–water partition coefficient (Wildman–Crippen LogP) is 3.57. The molecule has 0 radical (unpaired) electrons. The lowest BCUT2D eigenvalue weighted by Gasteiger charge is -2.11. The van der Waals surface area contributed by atoms with Gasteiger partial charge < -0.3 is 14.8 Å². The average Bonchev–Trinajstić information content (AvgIpc) is 2.61. The molecule has 0 saturated carbocycles. The molecule has 0 spiro atoms. The summed E-state index contributed by atoms with van der Waals surface area (Å²) in [5, 5.41) is 13.4. The summed E-state index contributed by atoms with van der Waals surface area (Å²) >= 11 is 0. The quantitative estimate of drug-likeness (QED) is 0.584. The van der Waals surface area contributed by atoms with Crippen LogP contribution < -0.4 is 14.8 Å². The summed E-state index contributed by atoms with van der Waals surface area (Å²) in [5.74, 6) is 1.07. The summed E-state index contributed by atoms with van der Waals surface area (Å²) in [6.45, 7) is 2.44. The van der Waals surface area contributed by atoms with Crippen LogP contribution in [0.1, 0.15) is 18.9 Å². The second-order valence-electron chi connectivity index (χ2n) is 5.27. The molecule has 0 aromatic heterocycles. The normalized spacial score (nSPS) is 10.2. The zero-order chi connectivity index (χ0) is 18.2. The van der Waals surface area contributed by atoms with Gasteiger partial charge in [-0.2, -0.15) is 0 Å². The summed E-state index contributed by atoms with van der Waals surface area (Å²) in [4.78, 5) is 22.3. The fraction of sp³-hybridized carbons (Fsp3) is 0.278. The van der Waals surface area contributed by atoms with Crippen molar-refractivity contribution in [2.24, 2.45) is 0 Å². The van der Waals surface area contributed by atoms with E-state index in [9.17, 15) is 14.9 Å². The van der Waals surface area contributed by atoms with Crippen LogP contribution in [0, 0.1) is 10.1 Å². The molecule has 1 amide bonds. The van der Waals surface area contributed by atoms with E-state index in [-0.39, 0.29) is 18.0 Å². The molecule has 0 saturated heterocycles. The standard InChI is InChI=1S/C18H20N2O5/c1-3-25-16-9-7-13(11-17(16)24-2)8-10-18(21)19-14-5-4-6-15(12-14)20(22)23/h4-7,9,11-12H,3,8,10H2,1-2H3,(H,19,21). The summed E-state index contributed by atoms with van der Waals surface area (Å²) in [6, 6.07) is 11.4. The second-order valence-corrected chi connectivity index (χ2v) is 5.27. The van der Waals surface area contributed by atoms with E-state index in [1.807, 2.05) is 25.1 Å². The van der Waals surface area contributed by atoms with Gasteiger partial charge >= 0.3 is 0 Å². The number of nitrogens with one attached hydrogen (secondary N) is 1. The van der Waals surface area contributed by atoms with Crippen LogP contribution in [0.4, 0.5) is 11.4 Å². The summed E-state index contributed by atoms with van der Waals surface area (Å²) < 4.78 is 10.7. The number of hydrogen-bond acceptors (Lipinski definition) is 5. The number of amides is 1. The number of ether oxygens (including phenoxy) is 2. The van der Waals surface area contributed by atoms with Gasteiger partial charge in [0.05, 0.1) is 18.6 Å². The van der Waals surface area contributed by atoms with Gasteiger partial charge in [0.25, 0.3) is 5.69 Å². The summed E-state index contributed by atoms with van der Waals surface area (Å²) in [7, 11) is 1.57. The van der Waals surface area contributed by atoms with E-state index in [4.69, 9.17) is 9.47 Å². The Balaban J connectivity index is 1.95. The van der Waals surface area contributed by atoms with Gasteiger partial charge in [0, 0.05) is 24.2 Å². The van der Waals surface area contributed by atoms with Crippen molar-refractivity contribution in [3.05, 3.63) is 58.1 Å². The molecule has 0 atom stereocenters. The Bertz CT molecular complexity index is 761. The van der Waals surface area contributed by atoms with E-state index in [1.165, 1.54) is 18.2 Å². The molecule has 0 aliphatic rings. The minimum absolute atomic E-state index is 0.0611. The van der Waals surface area contributed by atoms with E-state index >= 15 is 0 Å². The van der Waals surface area contributed by atoms with Crippen molar-refractivity contribution < 1.29 is 19.2 Å². The number of nitro benzene ring substituents is 1. The van der Waals surface area contributed by atoms with E-state index in [0.717, 1.165) is 5.56 Å². The number of benzene rings is 2. The van der Waals surface area contributed by atoms with Crippen molar-refractivity contribution >= 4 is 17.3 Å². The van der Waals surface area contributed by atoms with Crippen LogP contribution in [0.25, 0.3) is 0 Å². The average molecular weight is 344 g/mol. The summed E-state index contributed by atoms with van der Waals surface area (Å²) in [6.07, 6.45) is 0.767. The highest BCUT2D eigenvalue weighted by molar-refractivity contribution is 5.91. The molecule has 2 aromatic carbocycles. The fourth-order valence-electron chi connectivity index (χ4n) is 2.32. The number of carbonyl (C=O) groups is 1. The van der Waals surface area contributed by atoms with E-state index in [1.54, 1.807) is 13.2 Å². The molecule has 0 heterocycles. The van der Waals surface area contributed by atoms with Crippen molar-refractivity contribution in [2.75, 3.05) is 19.0 Å². The molecule has 25 heavy (non-hydrogen) atoms. The minimum atomic E-state index is -0.498. The molecule has 0 aliphatic carbocycles. The maximum Gasteiger partial charge on any atom is 0.271 e. The Morgan fingerprint density at radius 3 is 2.68 bits per heavy atom. The molecule has 7 heteroatoms. The van der Waals surface area contributed by atoms with E-state index in [0.29, 0.717) is 30.2 Å². The Kier molecular flexibility index (Phi) is 6.33. The lowest BCUT2D eigenvalue weighted by molar-refractivity contribution is -0.384. The number of methoxy groups -OCH3 is 1. The van der Waals surface area contributed by atoms with Gasteiger partial charge in [0.1, 0.15) is 0 Å². The number of hydrogen-bond donors (Lipinski definition) is 1. The number of anilines is 1. The van der Waals surface area contributed by atoms with Crippen molar-refractivity contribution in [3.8, 4) is 11.5 Å². The van der Waals surface area contributed by atoms with Gasteiger partial charge in [-0.3, -0.25) is 14.9 Å². The third kappa shape index (κ3) is 5.20. The Labute approximate surface area is 145 Å². The third-order valence-corrected chi connectivity index (χ3v) is 3.51. The van der Waals surface area contributed by atoms with Crippen LogP contribution in [-0.4, -0.2) is 24.5 Å². The molecular formula is C18H20N2O5. The first kappa shape index (κ1) is 18.3. The zero-order valence-electron chi connectivity index (χ0n) is 14.2. The molecule has 0 unspecified atom stereocenters. The molecule has 1 N–H and O–H groups in total. The van der Waals surface area contributed by atoms with Crippen LogP contribution in [0.5, 0.6) is 11.5 Å². The first-order chi connectivity index (χ1) is 12.0. The topological polar surface area (TPSA) is 90.7 Å². The number of nitro groups is 1. The second kappa shape index (κ2) is 8.68. The highest BCUT2D eigenvalue weighted by Crippen LogP contribution is 2.28. The van der Waals surface area contributed by atoms with E-state index < -0.39 is 4.92 Å². The maximum absolute atomic E-state index is 12.1. The monoisotopic (exact) mass is 344 g/mol. The molecule has 7 nitrogen and oxygen atoms in total. The Morgan fingerprint density at radius 1 is 1.20 bits per heavy atom. The van der Waals surface area contributed by atoms with Crippen LogP contribution in [-0.2, 0) is 11.2 Å². The van der Waals surface area contributed by atoms with Crippen LogP contribution >= 0.6 is 0 Å². The molecule has 0 aliphatic heterocycles. The highest BCUT2D eigenvalue weighted by Gasteiger charge is 2.10. The predicted molar refractivity (Wildman–Crippen MR) is 94.2 cm³/mol. The van der Waals surface area contributed by atoms with Gasteiger partial charge in [-0.1, -0.05) is 12.1 Å². The SMILES string of the molecule is CCOc1ccc(CCC(=O)Nc2cccc([N+](=O)[O-])c2)cc1OC. The lowest BCUT2D eigenvalue weighted by Crippen LogP contribution is -2.12. The fourth-order valence-corrected chi connectivity index (χ4v) is 2.32. The number of aryl methyl sites for hydroxylation is 1.